The second-order valence-corrected chi connectivity index (χ2v) is 17.3. The van der Waals surface area contributed by atoms with Crippen molar-refractivity contribution in [2.24, 2.45) is 11.8 Å². The summed E-state index contributed by atoms with van der Waals surface area (Å²) in [5, 5.41) is 13.0. The van der Waals surface area contributed by atoms with E-state index in [2.05, 4.69) is 5.32 Å². The van der Waals surface area contributed by atoms with E-state index < -0.39 is 22.2 Å². The molecule has 1 aliphatic carbocycles. The number of anilines is 1. The Morgan fingerprint density at radius 3 is 2.08 bits per heavy atom. The molecule has 4 amide bonds. The summed E-state index contributed by atoms with van der Waals surface area (Å²) in [4.78, 5) is 46.0. The third kappa shape index (κ3) is 7.95. The molecule has 0 aromatic heterocycles. The predicted octanol–water partition coefficient (Wildman–Crippen LogP) is 2.02. The first-order valence-corrected chi connectivity index (χ1v) is 20.2. The van der Waals surface area contributed by atoms with Crippen LogP contribution in [0.25, 0.3) is 0 Å². The first kappa shape index (κ1) is 36.6. The number of piperidine rings is 3. The van der Waals surface area contributed by atoms with Crippen LogP contribution in [0.1, 0.15) is 62.5 Å². The van der Waals surface area contributed by atoms with E-state index in [-0.39, 0.29) is 46.3 Å². The summed E-state index contributed by atoms with van der Waals surface area (Å²) in [6.07, 6.45) is 5.04. The fourth-order valence-electron chi connectivity index (χ4n) is 8.52. The number of nitrogens with one attached hydrogen (secondary N) is 1. The van der Waals surface area contributed by atoms with Crippen LogP contribution in [0, 0.1) is 11.8 Å². The molecule has 5 aliphatic rings. The van der Waals surface area contributed by atoms with Crippen molar-refractivity contribution < 1.29 is 32.6 Å². The number of nitrogens with zero attached hydrogens (tertiary/aromatic N) is 4. The molecule has 4 fully saturated rings. The van der Waals surface area contributed by atoms with Crippen LogP contribution in [0.15, 0.2) is 36.4 Å². The molecule has 0 bridgehead atoms. The van der Waals surface area contributed by atoms with Gasteiger partial charge in [0.25, 0.3) is 5.91 Å². The van der Waals surface area contributed by atoms with Gasteiger partial charge in [0, 0.05) is 64.0 Å². The first-order valence-electron chi connectivity index (χ1n) is 18.7. The number of carbonyl (C=O) groups is 3. The molecule has 3 saturated heterocycles. The Morgan fingerprint density at radius 2 is 1.44 bits per heavy atom. The van der Waals surface area contributed by atoms with Crippen LogP contribution < -0.4 is 16.2 Å². The number of hydrogen-bond acceptors (Lipinski definition) is 7. The van der Waals surface area contributed by atoms with E-state index in [0.29, 0.717) is 76.1 Å². The number of para-hydroxylation sites is 1. The van der Waals surface area contributed by atoms with Crippen LogP contribution in [0.2, 0.25) is 0 Å². The summed E-state index contributed by atoms with van der Waals surface area (Å²) >= 11 is 0. The number of sulfonamides is 1. The lowest BCUT2D eigenvalue weighted by Gasteiger charge is -2.41. The molecule has 2 aromatic rings. The number of hydrogen-bond donors (Lipinski definition) is 2. The summed E-state index contributed by atoms with van der Waals surface area (Å²) in [6.45, 7) is 3.52. The molecule has 4 aliphatic heterocycles. The molecule has 15 heteroatoms. The summed E-state index contributed by atoms with van der Waals surface area (Å²) in [7, 11) is 8.80. The summed E-state index contributed by atoms with van der Waals surface area (Å²) in [6, 6.07) is 10.7. The van der Waals surface area contributed by atoms with Crippen molar-refractivity contribution in [2.75, 3.05) is 51.1 Å². The third-order valence-corrected chi connectivity index (χ3v) is 14.2. The average molecular weight is 728 g/mol. The zero-order valence-corrected chi connectivity index (χ0v) is 30.4. The third-order valence-electron chi connectivity index (χ3n) is 11.8. The summed E-state index contributed by atoms with van der Waals surface area (Å²) < 4.78 is 33.1. The lowest BCUT2D eigenvalue weighted by atomic mass is 9.79. The topological polar surface area (TPSA) is 140 Å². The van der Waals surface area contributed by atoms with Gasteiger partial charge in [-0.1, -0.05) is 41.3 Å². The molecule has 7 rings (SSSR count). The number of ether oxygens (including phenoxy) is 1. The van der Waals surface area contributed by atoms with Gasteiger partial charge in [-0.05, 0) is 86.8 Å². The van der Waals surface area contributed by atoms with Gasteiger partial charge in [0.2, 0.25) is 10.0 Å². The second kappa shape index (κ2) is 15.3. The van der Waals surface area contributed by atoms with Crippen LogP contribution >= 0.6 is 0 Å². The number of benzene rings is 2. The standard InChI is InChI=1S/C37H47B2N5O7S/c38-30-21-24(22-31(39)34(30)45)23-33(35(46)41-14-7-25(8-15-41)26-9-18-43(19-10-26)52(49,50)29-5-6-29)51-37(48)42-16-12-28(13-17-42)44-20-11-27-3-1-2-4-32(27)40-36(44)47/h1-4,21-22,25-26,28-29,33,45H,5-20,23H2,(H,40,47)/t33-/m1/s1. The van der Waals surface area contributed by atoms with Crippen molar-refractivity contribution in [3.63, 3.8) is 0 Å². The maximum Gasteiger partial charge on any atom is 0.410 e. The van der Waals surface area contributed by atoms with E-state index in [0.717, 1.165) is 56.2 Å². The average Bonchev–Trinajstić information content (AvgIpc) is 4.02. The lowest BCUT2D eigenvalue weighted by molar-refractivity contribution is -0.142. The van der Waals surface area contributed by atoms with E-state index in [4.69, 9.17) is 20.4 Å². The van der Waals surface area contributed by atoms with Gasteiger partial charge in [0.15, 0.2) is 6.10 Å². The number of aromatic hydroxyl groups is 1. The Labute approximate surface area is 309 Å². The number of carbonyl (C=O) groups excluding carboxylic acids is 3. The van der Waals surface area contributed by atoms with Gasteiger partial charge in [-0.3, -0.25) is 4.79 Å². The van der Waals surface area contributed by atoms with Gasteiger partial charge < -0.3 is 29.9 Å². The molecule has 0 spiro atoms. The van der Waals surface area contributed by atoms with E-state index in [9.17, 15) is 27.9 Å². The van der Waals surface area contributed by atoms with Gasteiger partial charge in [0.1, 0.15) is 21.4 Å². The SMILES string of the molecule is [B]c1cc(C[C@@H](OC(=O)N2CCC(N3CCc4ccccc4NC3=O)CC2)C(=O)N2CCC(C3CCN(S(=O)(=O)C4CC4)CC3)CC2)cc([B])c1O. The zero-order chi connectivity index (χ0) is 36.6. The van der Waals surface area contributed by atoms with Crippen molar-refractivity contribution in [2.45, 2.75) is 81.6 Å². The number of rotatable bonds is 8. The maximum atomic E-state index is 14.1. The highest BCUT2D eigenvalue weighted by Gasteiger charge is 2.43. The predicted molar refractivity (Wildman–Crippen MR) is 199 cm³/mol. The van der Waals surface area contributed by atoms with E-state index in [1.54, 1.807) is 14.1 Å². The molecule has 1 atom stereocenters. The minimum atomic E-state index is -3.16. The van der Waals surface area contributed by atoms with Crippen molar-refractivity contribution in [3.05, 3.63) is 47.5 Å². The molecule has 1 saturated carbocycles. The van der Waals surface area contributed by atoms with Gasteiger partial charge in [-0.15, -0.1) is 0 Å². The highest BCUT2D eigenvalue weighted by molar-refractivity contribution is 7.90. The number of phenols is 1. The van der Waals surface area contributed by atoms with E-state index in [1.165, 1.54) is 12.1 Å². The van der Waals surface area contributed by atoms with Crippen LogP contribution in [-0.2, 0) is 32.4 Å². The Balaban J connectivity index is 0.959. The van der Waals surface area contributed by atoms with Crippen LogP contribution in [0.4, 0.5) is 15.3 Å². The Bertz CT molecular complexity index is 1750. The van der Waals surface area contributed by atoms with Gasteiger partial charge in [-0.2, -0.15) is 0 Å². The van der Waals surface area contributed by atoms with Gasteiger partial charge in [0.05, 0.1) is 5.25 Å². The fourth-order valence-corrected chi connectivity index (χ4v) is 10.4. The molecule has 4 radical (unpaired) electrons. The second-order valence-electron chi connectivity index (χ2n) is 15.1. The highest BCUT2D eigenvalue weighted by atomic mass is 32.2. The summed E-state index contributed by atoms with van der Waals surface area (Å²) in [5.41, 5.74) is 2.64. The van der Waals surface area contributed by atoms with Crippen molar-refractivity contribution >= 4 is 60.4 Å². The van der Waals surface area contributed by atoms with Crippen LogP contribution in [-0.4, -0.2) is 129 Å². The molecule has 2 N–H and O–H groups in total. The largest absolute Gasteiger partial charge is 0.509 e. The Morgan fingerprint density at radius 1 is 0.846 bits per heavy atom. The van der Waals surface area contributed by atoms with Crippen molar-refractivity contribution in [1.29, 1.82) is 0 Å². The molecule has 274 valence electrons. The molecule has 2 aromatic carbocycles. The minimum Gasteiger partial charge on any atom is -0.509 e. The zero-order valence-electron chi connectivity index (χ0n) is 29.6. The van der Waals surface area contributed by atoms with E-state index in [1.807, 2.05) is 29.2 Å². The monoisotopic (exact) mass is 727 g/mol. The molecule has 12 nitrogen and oxygen atoms in total. The van der Waals surface area contributed by atoms with Crippen LogP contribution in [0.5, 0.6) is 5.75 Å². The highest BCUT2D eigenvalue weighted by Crippen LogP contribution is 2.37. The lowest BCUT2D eigenvalue weighted by Crippen LogP contribution is -2.52. The summed E-state index contributed by atoms with van der Waals surface area (Å²) in [5.74, 6) is 0.289. The van der Waals surface area contributed by atoms with Gasteiger partial charge >= 0.3 is 12.1 Å². The number of phenolic OH excluding ortho intramolecular Hbond substituents is 1. The smallest absolute Gasteiger partial charge is 0.410 e. The van der Waals surface area contributed by atoms with E-state index >= 15 is 0 Å². The number of fused-ring (bicyclic) bond motifs is 1. The van der Waals surface area contributed by atoms with Crippen LogP contribution in [0.3, 0.4) is 0 Å². The van der Waals surface area contributed by atoms with Gasteiger partial charge in [-0.25, -0.2) is 22.3 Å². The Hall–Kier alpha value is -3.71. The first-order chi connectivity index (χ1) is 25.0. The molecular formula is C37H47B2N5O7S. The fraction of sp³-hybridized carbons (Fsp3) is 0.595. The molecule has 52 heavy (non-hydrogen) atoms. The number of urea groups is 1. The number of amides is 4. The number of likely N-dealkylation sites (tertiary alicyclic amines) is 2. The van der Waals surface area contributed by atoms with Crippen molar-refractivity contribution in [3.8, 4) is 5.75 Å². The normalized spacial score (nSPS) is 22.0. The molecular weight excluding hydrogens is 680 g/mol. The minimum absolute atomic E-state index is 0.0325. The molecule has 4 heterocycles. The maximum absolute atomic E-state index is 14.1. The quantitative estimate of drug-likeness (QED) is 0.397. The molecule has 0 unspecified atom stereocenters. The van der Waals surface area contributed by atoms with Crippen molar-refractivity contribution in [1.82, 2.24) is 19.0 Å². The Kier molecular flexibility index (Phi) is 10.8.